The summed E-state index contributed by atoms with van der Waals surface area (Å²) in [6.07, 6.45) is 8.04. The van der Waals surface area contributed by atoms with Crippen LogP contribution in [0.15, 0.2) is 11.6 Å². The van der Waals surface area contributed by atoms with Gasteiger partial charge in [-0.3, -0.25) is 4.79 Å². The van der Waals surface area contributed by atoms with E-state index in [1.807, 2.05) is 0 Å². The monoisotopic (exact) mass is 154 g/mol. The Morgan fingerprint density at radius 2 is 2.36 bits per heavy atom. The maximum atomic E-state index is 10.2. The second kappa shape index (κ2) is 4.16. The number of rotatable bonds is 3. The maximum Gasteiger partial charge on any atom is 0.303 e. The molecule has 0 unspecified atom stereocenters. The first-order chi connectivity index (χ1) is 5.29. The summed E-state index contributed by atoms with van der Waals surface area (Å²) in [5, 5.41) is 8.42. The molecule has 0 aromatic rings. The van der Waals surface area contributed by atoms with Crippen molar-refractivity contribution in [2.45, 2.75) is 38.5 Å². The molecule has 2 heteroatoms. The summed E-state index contributed by atoms with van der Waals surface area (Å²) in [7, 11) is 0. The largest absolute Gasteiger partial charge is 0.481 e. The molecule has 2 nitrogen and oxygen atoms in total. The third-order valence-corrected chi connectivity index (χ3v) is 2.05. The molecule has 0 atom stereocenters. The van der Waals surface area contributed by atoms with E-state index in [-0.39, 0.29) is 0 Å². The van der Waals surface area contributed by atoms with Gasteiger partial charge in [0, 0.05) is 6.42 Å². The Kier molecular flexibility index (Phi) is 3.14. The first kappa shape index (κ1) is 8.31. The topological polar surface area (TPSA) is 37.3 Å². The number of carboxylic acids is 1. The summed E-state index contributed by atoms with van der Waals surface area (Å²) in [5.74, 6) is -0.684. The van der Waals surface area contributed by atoms with E-state index in [0.717, 1.165) is 19.3 Å². The lowest BCUT2D eigenvalue weighted by Gasteiger charge is -2.10. The first-order valence-corrected chi connectivity index (χ1v) is 4.19. The van der Waals surface area contributed by atoms with Crippen LogP contribution in [-0.4, -0.2) is 11.1 Å². The Balaban J connectivity index is 2.24. The van der Waals surface area contributed by atoms with Crippen molar-refractivity contribution in [3.8, 4) is 0 Å². The highest BCUT2D eigenvalue weighted by Crippen LogP contribution is 2.20. The van der Waals surface area contributed by atoms with Crippen molar-refractivity contribution in [3.05, 3.63) is 11.6 Å². The summed E-state index contributed by atoms with van der Waals surface area (Å²) < 4.78 is 0. The molecule has 0 saturated carbocycles. The number of allylic oxidation sites excluding steroid dienone is 2. The van der Waals surface area contributed by atoms with E-state index in [1.165, 1.54) is 18.4 Å². The van der Waals surface area contributed by atoms with Gasteiger partial charge in [0.25, 0.3) is 0 Å². The Bertz CT molecular complexity index is 170. The van der Waals surface area contributed by atoms with Crippen LogP contribution in [0.1, 0.15) is 38.5 Å². The fraction of sp³-hybridized carbons (Fsp3) is 0.667. The van der Waals surface area contributed by atoms with E-state index >= 15 is 0 Å². The third kappa shape index (κ3) is 3.21. The van der Waals surface area contributed by atoms with Gasteiger partial charge >= 0.3 is 5.97 Å². The lowest BCUT2D eigenvalue weighted by atomic mass is 9.96. The molecule has 1 aliphatic rings. The van der Waals surface area contributed by atoms with Gasteiger partial charge in [-0.05, 0) is 32.1 Å². The average Bonchev–Trinajstić information content (AvgIpc) is 2.03. The highest BCUT2D eigenvalue weighted by Gasteiger charge is 2.05. The molecule has 0 amide bonds. The molecule has 0 aliphatic heterocycles. The van der Waals surface area contributed by atoms with E-state index < -0.39 is 5.97 Å². The molecule has 0 spiro atoms. The molecule has 0 saturated heterocycles. The van der Waals surface area contributed by atoms with Crippen molar-refractivity contribution in [2.75, 3.05) is 0 Å². The van der Waals surface area contributed by atoms with Gasteiger partial charge in [0.05, 0.1) is 0 Å². The van der Waals surface area contributed by atoms with Gasteiger partial charge in [0.2, 0.25) is 0 Å². The first-order valence-electron chi connectivity index (χ1n) is 4.19. The molecule has 0 aromatic heterocycles. The highest BCUT2D eigenvalue weighted by molar-refractivity contribution is 5.67. The second-order valence-corrected chi connectivity index (χ2v) is 3.00. The van der Waals surface area contributed by atoms with Crippen LogP contribution in [0, 0.1) is 0 Å². The number of hydrogen-bond acceptors (Lipinski definition) is 1. The van der Waals surface area contributed by atoms with Gasteiger partial charge in [-0.1, -0.05) is 11.6 Å². The zero-order chi connectivity index (χ0) is 8.10. The number of carbonyl (C=O) groups is 1. The molecular formula is C9H14O2. The quantitative estimate of drug-likeness (QED) is 0.633. The number of aliphatic carboxylic acids is 1. The van der Waals surface area contributed by atoms with E-state index in [4.69, 9.17) is 5.11 Å². The molecule has 11 heavy (non-hydrogen) atoms. The van der Waals surface area contributed by atoms with Crippen LogP contribution < -0.4 is 0 Å². The van der Waals surface area contributed by atoms with E-state index in [0.29, 0.717) is 6.42 Å². The Labute approximate surface area is 66.9 Å². The summed E-state index contributed by atoms with van der Waals surface area (Å²) >= 11 is 0. The molecule has 0 fully saturated rings. The second-order valence-electron chi connectivity index (χ2n) is 3.00. The molecule has 1 N–H and O–H groups in total. The van der Waals surface area contributed by atoms with E-state index in [2.05, 4.69) is 6.08 Å². The smallest absolute Gasteiger partial charge is 0.303 e. The minimum absolute atomic E-state index is 0.297. The summed E-state index contributed by atoms with van der Waals surface area (Å²) in [5.41, 5.74) is 1.35. The SMILES string of the molecule is O=C(O)CCC1=CCCCC1. The van der Waals surface area contributed by atoms with Crippen LogP contribution in [0.5, 0.6) is 0 Å². The highest BCUT2D eigenvalue weighted by atomic mass is 16.4. The molecule has 0 aromatic carbocycles. The molecule has 0 bridgehead atoms. The third-order valence-electron chi connectivity index (χ3n) is 2.05. The average molecular weight is 154 g/mol. The Hall–Kier alpha value is -0.790. The van der Waals surface area contributed by atoms with Crippen LogP contribution in [0.4, 0.5) is 0 Å². The molecular weight excluding hydrogens is 140 g/mol. The van der Waals surface area contributed by atoms with E-state index in [9.17, 15) is 4.79 Å². The molecule has 1 rings (SSSR count). The van der Waals surface area contributed by atoms with Crippen molar-refractivity contribution >= 4 is 5.97 Å². The predicted octanol–water partition coefficient (Wildman–Crippen LogP) is 2.35. The zero-order valence-corrected chi connectivity index (χ0v) is 6.68. The fourth-order valence-corrected chi connectivity index (χ4v) is 1.40. The van der Waals surface area contributed by atoms with Gasteiger partial charge in [0.1, 0.15) is 0 Å². The van der Waals surface area contributed by atoms with Crippen LogP contribution in [0.2, 0.25) is 0 Å². The van der Waals surface area contributed by atoms with Crippen LogP contribution >= 0.6 is 0 Å². The minimum Gasteiger partial charge on any atom is -0.481 e. The van der Waals surface area contributed by atoms with Crippen LogP contribution in [0.3, 0.4) is 0 Å². The summed E-state index contributed by atoms with van der Waals surface area (Å²) in [6.45, 7) is 0. The van der Waals surface area contributed by atoms with Crippen molar-refractivity contribution in [1.29, 1.82) is 0 Å². The maximum absolute atomic E-state index is 10.2. The number of hydrogen-bond donors (Lipinski definition) is 1. The van der Waals surface area contributed by atoms with Gasteiger partial charge in [-0.25, -0.2) is 0 Å². The van der Waals surface area contributed by atoms with Crippen molar-refractivity contribution in [3.63, 3.8) is 0 Å². The lowest BCUT2D eigenvalue weighted by molar-refractivity contribution is -0.136. The summed E-state index contributed by atoms with van der Waals surface area (Å²) in [6, 6.07) is 0. The molecule has 1 aliphatic carbocycles. The van der Waals surface area contributed by atoms with E-state index in [1.54, 1.807) is 0 Å². The fourth-order valence-electron chi connectivity index (χ4n) is 1.40. The van der Waals surface area contributed by atoms with Crippen molar-refractivity contribution < 1.29 is 9.90 Å². The lowest BCUT2D eigenvalue weighted by Crippen LogP contribution is -1.98. The van der Waals surface area contributed by atoms with Gasteiger partial charge in [0.15, 0.2) is 0 Å². The number of carboxylic acid groups (broad SMARTS) is 1. The van der Waals surface area contributed by atoms with Crippen molar-refractivity contribution in [1.82, 2.24) is 0 Å². The van der Waals surface area contributed by atoms with Crippen LogP contribution in [0.25, 0.3) is 0 Å². The standard InChI is InChI=1S/C9H14O2/c10-9(11)7-6-8-4-2-1-3-5-8/h4H,1-3,5-7H2,(H,10,11). The Morgan fingerprint density at radius 1 is 1.55 bits per heavy atom. The molecule has 0 heterocycles. The minimum atomic E-state index is -0.684. The van der Waals surface area contributed by atoms with Gasteiger partial charge < -0.3 is 5.11 Å². The van der Waals surface area contributed by atoms with Crippen LogP contribution in [-0.2, 0) is 4.79 Å². The van der Waals surface area contributed by atoms with Gasteiger partial charge in [-0.2, -0.15) is 0 Å². The molecule has 0 radical (unpaired) electrons. The van der Waals surface area contributed by atoms with Gasteiger partial charge in [-0.15, -0.1) is 0 Å². The normalized spacial score (nSPS) is 17.6. The van der Waals surface area contributed by atoms with Crippen molar-refractivity contribution in [2.24, 2.45) is 0 Å². The Morgan fingerprint density at radius 3 is 2.91 bits per heavy atom. The summed E-state index contributed by atoms with van der Waals surface area (Å²) in [4.78, 5) is 10.2. The predicted molar refractivity (Wildman–Crippen MR) is 43.4 cm³/mol. The molecule has 62 valence electrons. The zero-order valence-electron chi connectivity index (χ0n) is 6.68.